The van der Waals surface area contributed by atoms with Gasteiger partial charge in [0.1, 0.15) is 5.75 Å². The Balaban J connectivity index is 2.27. The van der Waals surface area contributed by atoms with Crippen molar-refractivity contribution >= 4 is 29.5 Å². The van der Waals surface area contributed by atoms with Gasteiger partial charge >= 0.3 is 12.0 Å². The molecule has 0 aliphatic carbocycles. The van der Waals surface area contributed by atoms with E-state index in [4.69, 9.17) is 26.8 Å². The SMILES string of the molecule is Cc1cc(OCCCC(=O)OC(C)C(=O)NC(N)=O)ccc1Cl. The van der Waals surface area contributed by atoms with Gasteiger partial charge in [-0.25, -0.2) is 4.79 Å². The number of nitrogens with one attached hydrogen (secondary N) is 1. The van der Waals surface area contributed by atoms with E-state index in [9.17, 15) is 14.4 Å². The van der Waals surface area contributed by atoms with Crippen molar-refractivity contribution in [1.82, 2.24) is 5.32 Å². The number of hydrogen-bond donors (Lipinski definition) is 2. The van der Waals surface area contributed by atoms with Crippen LogP contribution in [0.3, 0.4) is 0 Å². The van der Waals surface area contributed by atoms with E-state index in [1.54, 1.807) is 18.2 Å². The second kappa shape index (κ2) is 8.99. The number of rotatable bonds is 7. The summed E-state index contributed by atoms with van der Waals surface area (Å²) in [6, 6.07) is 4.28. The lowest BCUT2D eigenvalue weighted by Gasteiger charge is -2.12. The molecule has 0 bridgehead atoms. The summed E-state index contributed by atoms with van der Waals surface area (Å²) in [5, 5.41) is 2.49. The van der Waals surface area contributed by atoms with Crippen LogP contribution >= 0.6 is 11.6 Å². The Morgan fingerprint density at radius 3 is 2.65 bits per heavy atom. The van der Waals surface area contributed by atoms with Gasteiger partial charge in [0.2, 0.25) is 0 Å². The zero-order valence-corrected chi connectivity index (χ0v) is 13.7. The maximum atomic E-state index is 11.6. The number of amides is 3. The molecule has 1 aromatic rings. The Morgan fingerprint density at radius 1 is 1.35 bits per heavy atom. The van der Waals surface area contributed by atoms with Crippen molar-refractivity contribution in [3.8, 4) is 5.75 Å². The summed E-state index contributed by atoms with van der Waals surface area (Å²) < 4.78 is 10.4. The van der Waals surface area contributed by atoms with Gasteiger partial charge in [0.15, 0.2) is 6.10 Å². The first kappa shape index (κ1) is 18.8. The first-order chi connectivity index (χ1) is 10.8. The van der Waals surface area contributed by atoms with Gasteiger partial charge in [-0.2, -0.15) is 0 Å². The Labute approximate surface area is 139 Å². The number of carbonyl (C=O) groups is 3. The highest BCUT2D eigenvalue weighted by Crippen LogP contribution is 2.21. The van der Waals surface area contributed by atoms with E-state index in [1.807, 2.05) is 12.2 Å². The molecule has 1 unspecified atom stereocenters. The highest BCUT2D eigenvalue weighted by atomic mass is 35.5. The lowest BCUT2D eigenvalue weighted by atomic mass is 10.2. The molecule has 0 aliphatic heterocycles. The largest absolute Gasteiger partial charge is 0.494 e. The second-order valence-corrected chi connectivity index (χ2v) is 5.26. The summed E-state index contributed by atoms with van der Waals surface area (Å²) in [5.41, 5.74) is 5.70. The molecule has 0 fully saturated rings. The van der Waals surface area contributed by atoms with Crippen LogP contribution in [0.1, 0.15) is 25.3 Å². The van der Waals surface area contributed by atoms with Crippen molar-refractivity contribution in [1.29, 1.82) is 0 Å². The molecule has 3 N–H and O–H groups in total. The van der Waals surface area contributed by atoms with E-state index < -0.39 is 24.0 Å². The minimum absolute atomic E-state index is 0.0841. The summed E-state index contributed by atoms with van der Waals surface area (Å²) in [7, 11) is 0. The summed E-state index contributed by atoms with van der Waals surface area (Å²) >= 11 is 5.91. The van der Waals surface area contributed by atoms with Crippen molar-refractivity contribution in [2.45, 2.75) is 32.8 Å². The van der Waals surface area contributed by atoms with E-state index >= 15 is 0 Å². The molecule has 126 valence electrons. The number of ether oxygens (including phenoxy) is 2. The van der Waals surface area contributed by atoms with E-state index in [-0.39, 0.29) is 6.42 Å². The molecule has 23 heavy (non-hydrogen) atoms. The maximum Gasteiger partial charge on any atom is 0.318 e. The second-order valence-electron chi connectivity index (χ2n) is 4.85. The Kier molecular flexibility index (Phi) is 7.34. The normalized spacial score (nSPS) is 11.4. The first-order valence-electron chi connectivity index (χ1n) is 6.98. The topological polar surface area (TPSA) is 108 Å². The van der Waals surface area contributed by atoms with Crippen LogP contribution in [0.15, 0.2) is 18.2 Å². The van der Waals surface area contributed by atoms with Gasteiger partial charge in [-0.1, -0.05) is 11.6 Å². The molecule has 0 radical (unpaired) electrons. The van der Waals surface area contributed by atoms with Crippen LogP contribution in [-0.4, -0.2) is 30.6 Å². The van der Waals surface area contributed by atoms with Gasteiger partial charge in [-0.05, 0) is 44.0 Å². The molecular weight excluding hydrogens is 324 g/mol. The van der Waals surface area contributed by atoms with Gasteiger partial charge in [0, 0.05) is 11.4 Å². The van der Waals surface area contributed by atoms with Crippen molar-refractivity contribution in [3.05, 3.63) is 28.8 Å². The molecule has 8 heteroatoms. The van der Waals surface area contributed by atoms with Crippen molar-refractivity contribution < 1.29 is 23.9 Å². The molecule has 1 aromatic carbocycles. The number of nitrogens with two attached hydrogens (primary N) is 1. The van der Waals surface area contributed by atoms with Gasteiger partial charge < -0.3 is 15.2 Å². The maximum absolute atomic E-state index is 11.6. The number of carbonyl (C=O) groups excluding carboxylic acids is 3. The minimum atomic E-state index is -1.09. The van der Waals surface area contributed by atoms with Gasteiger partial charge in [0.05, 0.1) is 6.61 Å². The highest BCUT2D eigenvalue weighted by Gasteiger charge is 2.18. The zero-order chi connectivity index (χ0) is 17.4. The summed E-state index contributed by atoms with van der Waals surface area (Å²) in [4.78, 5) is 33.4. The number of aryl methyl sites for hydroxylation is 1. The number of imide groups is 1. The van der Waals surface area contributed by atoms with Crippen molar-refractivity contribution in [3.63, 3.8) is 0 Å². The van der Waals surface area contributed by atoms with E-state index in [0.717, 1.165) is 5.56 Å². The molecule has 0 saturated carbocycles. The lowest BCUT2D eigenvalue weighted by Crippen LogP contribution is -2.42. The zero-order valence-electron chi connectivity index (χ0n) is 12.9. The molecule has 1 atom stereocenters. The van der Waals surface area contributed by atoms with Crippen LogP contribution in [0.25, 0.3) is 0 Å². The van der Waals surface area contributed by atoms with Crippen LogP contribution in [-0.2, 0) is 14.3 Å². The highest BCUT2D eigenvalue weighted by molar-refractivity contribution is 6.31. The number of primary amides is 1. The molecule has 1 rings (SSSR count). The Hall–Kier alpha value is -2.28. The molecule has 0 spiro atoms. The third kappa shape index (κ3) is 7.01. The van der Waals surface area contributed by atoms with Crippen LogP contribution in [0.5, 0.6) is 5.75 Å². The lowest BCUT2D eigenvalue weighted by molar-refractivity contribution is -0.154. The van der Waals surface area contributed by atoms with Crippen LogP contribution in [0.2, 0.25) is 5.02 Å². The number of benzene rings is 1. The van der Waals surface area contributed by atoms with E-state index in [0.29, 0.717) is 23.8 Å². The van der Waals surface area contributed by atoms with Crippen LogP contribution < -0.4 is 15.8 Å². The standard InChI is InChI=1S/C15H19ClN2O5/c1-9-8-11(5-6-12(9)16)22-7-3-4-13(19)23-10(2)14(20)18-15(17)21/h5-6,8,10H,3-4,7H2,1-2H3,(H3,17,18,20,21). The average molecular weight is 343 g/mol. The van der Waals surface area contributed by atoms with E-state index in [2.05, 4.69) is 0 Å². The molecule has 0 heterocycles. The van der Waals surface area contributed by atoms with Gasteiger partial charge in [0.25, 0.3) is 5.91 Å². The smallest absolute Gasteiger partial charge is 0.318 e. The van der Waals surface area contributed by atoms with Crippen molar-refractivity contribution in [2.75, 3.05) is 6.61 Å². The van der Waals surface area contributed by atoms with Crippen molar-refractivity contribution in [2.24, 2.45) is 5.73 Å². The molecule has 0 aromatic heterocycles. The fourth-order valence-corrected chi connectivity index (χ4v) is 1.76. The molecule has 7 nitrogen and oxygen atoms in total. The number of esters is 1. The fraction of sp³-hybridized carbons (Fsp3) is 0.400. The monoisotopic (exact) mass is 342 g/mol. The first-order valence-corrected chi connectivity index (χ1v) is 7.36. The molecule has 0 saturated heterocycles. The summed E-state index contributed by atoms with van der Waals surface area (Å²) in [6.45, 7) is 3.53. The van der Waals surface area contributed by atoms with Crippen LogP contribution in [0, 0.1) is 6.92 Å². The predicted molar refractivity (Wildman–Crippen MR) is 84.2 cm³/mol. The summed E-state index contributed by atoms with van der Waals surface area (Å²) in [6.07, 6.45) is -0.583. The summed E-state index contributed by atoms with van der Waals surface area (Å²) in [5.74, 6) is -0.666. The average Bonchev–Trinajstić information content (AvgIpc) is 2.46. The number of halogens is 1. The Bertz CT molecular complexity index is 591. The predicted octanol–water partition coefficient (Wildman–Crippen LogP) is 1.93. The fourth-order valence-electron chi connectivity index (χ4n) is 1.65. The van der Waals surface area contributed by atoms with Crippen LogP contribution in [0.4, 0.5) is 4.79 Å². The quantitative estimate of drug-likeness (QED) is 0.581. The minimum Gasteiger partial charge on any atom is -0.494 e. The van der Waals surface area contributed by atoms with E-state index in [1.165, 1.54) is 6.92 Å². The number of hydrogen-bond acceptors (Lipinski definition) is 5. The molecular formula is C15H19ClN2O5. The van der Waals surface area contributed by atoms with Gasteiger partial charge in [-0.3, -0.25) is 14.9 Å². The third-order valence-corrected chi connectivity index (χ3v) is 3.27. The molecule has 3 amide bonds. The Morgan fingerprint density at radius 2 is 2.04 bits per heavy atom. The molecule has 0 aliphatic rings. The third-order valence-electron chi connectivity index (χ3n) is 2.85. The van der Waals surface area contributed by atoms with Gasteiger partial charge in [-0.15, -0.1) is 0 Å². The number of urea groups is 1.